The molecule has 0 bridgehead atoms. The normalized spacial score (nSPS) is 25.8. The Hall–Kier alpha value is -0.540. The van der Waals surface area contributed by atoms with Gasteiger partial charge in [-0.1, -0.05) is 6.42 Å². The van der Waals surface area contributed by atoms with Gasteiger partial charge < -0.3 is 15.0 Å². The molecule has 0 amide bonds. The van der Waals surface area contributed by atoms with Crippen molar-refractivity contribution in [2.45, 2.75) is 44.6 Å². The molecule has 1 unspecified atom stereocenters. The van der Waals surface area contributed by atoms with Crippen molar-refractivity contribution in [3.63, 3.8) is 0 Å². The van der Waals surface area contributed by atoms with E-state index >= 15 is 0 Å². The minimum absolute atomic E-state index is 0.398. The van der Waals surface area contributed by atoms with Crippen LogP contribution in [0.5, 0.6) is 0 Å². The number of likely N-dealkylation sites (tertiary alicyclic amines) is 1. The molecule has 0 aromatic heterocycles. The Balaban J connectivity index is 1.44. The molecule has 2 rings (SSSR count). The van der Waals surface area contributed by atoms with Crippen molar-refractivity contribution in [1.29, 1.82) is 0 Å². The van der Waals surface area contributed by atoms with E-state index < -0.39 is 0 Å². The van der Waals surface area contributed by atoms with E-state index in [-0.39, 0.29) is 0 Å². The summed E-state index contributed by atoms with van der Waals surface area (Å²) < 4.78 is 5.52. The lowest BCUT2D eigenvalue weighted by molar-refractivity contribution is 0.122. The summed E-state index contributed by atoms with van der Waals surface area (Å²) in [6.45, 7) is 6.02. The standard InChI is InChI=1S/C14H26N2O/c1-3-9-16(10-4-1)11-6-8-15-13-14-7-2-5-12-17-14/h5,12,14-15H,1-4,6-11,13H2. The van der Waals surface area contributed by atoms with Crippen LogP contribution < -0.4 is 5.32 Å². The fraction of sp³-hybridized carbons (Fsp3) is 0.857. The van der Waals surface area contributed by atoms with Crippen molar-refractivity contribution >= 4 is 0 Å². The molecule has 17 heavy (non-hydrogen) atoms. The maximum atomic E-state index is 5.52. The first-order valence-corrected chi connectivity index (χ1v) is 7.19. The zero-order valence-electron chi connectivity index (χ0n) is 10.9. The third-order valence-electron chi connectivity index (χ3n) is 3.67. The number of nitrogens with one attached hydrogen (secondary N) is 1. The summed E-state index contributed by atoms with van der Waals surface area (Å²) in [4.78, 5) is 2.60. The number of hydrogen-bond donors (Lipinski definition) is 1. The monoisotopic (exact) mass is 238 g/mol. The summed E-state index contributed by atoms with van der Waals surface area (Å²) in [5.74, 6) is 0. The van der Waals surface area contributed by atoms with E-state index in [1.807, 2.05) is 6.26 Å². The van der Waals surface area contributed by atoms with Crippen molar-refractivity contribution in [1.82, 2.24) is 10.2 Å². The van der Waals surface area contributed by atoms with Crippen molar-refractivity contribution < 1.29 is 4.74 Å². The minimum Gasteiger partial charge on any atom is -0.497 e. The highest BCUT2D eigenvalue weighted by atomic mass is 16.5. The average molecular weight is 238 g/mol. The molecule has 2 aliphatic heterocycles. The molecule has 1 N–H and O–H groups in total. The van der Waals surface area contributed by atoms with E-state index in [0.29, 0.717) is 6.10 Å². The van der Waals surface area contributed by atoms with E-state index in [2.05, 4.69) is 16.3 Å². The van der Waals surface area contributed by atoms with Gasteiger partial charge in [0.2, 0.25) is 0 Å². The summed E-state index contributed by atoms with van der Waals surface area (Å²) >= 11 is 0. The molecule has 1 atom stereocenters. The third-order valence-corrected chi connectivity index (χ3v) is 3.67. The Kier molecular flexibility index (Phi) is 5.86. The predicted molar refractivity (Wildman–Crippen MR) is 71.0 cm³/mol. The highest BCUT2D eigenvalue weighted by Crippen LogP contribution is 2.09. The molecule has 0 aromatic rings. The maximum Gasteiger partial charge on any atom is 0.110 e. The third kappa shape index (κ3) is 5.09. The molecule has 0 radical (unpaired) electrons. The molecular weight excluding hydrogens is 212 g/mol. The topological polar surface area (TPSA) is 24.5 Å². The van der Waals surface area contributed by atoms with Crippen molar-refractivity contribution in [3.05, 3.63) is 12.3 Å². The molecule has 0 aromatic carbocycles. The van der Waals surface area contributed by atoms with Crippen LogP contribution in [0.25, 0.3) is 0 Å². The molecule has 1 saturated heterocycles. The fourth-order valence-corrected chi connectivity index (χ4v) is 2.61. The predicted octanol–water partition coefficient (Wildman–Crippen LogP) is 2.14. The fourth-order valence-electron chi connectivity index (χ4n) is 2.61. The van der Waals surface area contributed by atoms with E-state index in [4.69, 9.17) is 4.74 Å². The lowest BCUT2D eigenvalue weighted by atomic mass is 10.1. The number of ether oxygens (including phenoxy) is 1. The first kappa shape index (κ1) is 12.9. The molecule has 98 valence electrons. The van der Waals surface area contributed by atoms with E-state index in [9.17, 15) is 0 Å². The van der Waals surface area contributed by atoms with Crippen molar-refractivity contribution in [2.75, 3.05) is 32.7 Å². The first-order chi connectivity index (χ1) is 8.45. The number of hydrogen-bond acceptors (Lipinski definition) is 3. The molecule has 1 fully saturated rings. The molecule has 0 spiro atoms. The maximum absolute atomic E-state index is 5.52. The SMILES string of the molecule is C1=COC(CNCCCN2CCCCC2)CC1. The quantitative estimate of drug-likeness (QED) is 0.718. The van der Waals surface area contributed by atoms with Gasteiger partial charge in [-0.3, -0.25) is 0 Å². The van der Waals surface area contributed by atoms with E-state index in [1.54, 1.807) is 0 Å². The summed E-state index contributed by atoms with van der Waals surface area (Å²) in [5.41, 5.74) is 0. The molecule has 0 aliphatic carbocycles. The van der Waals surface area contributed by atoms with Gasteiger partial charge in [-0.2, -0.15) is 0 Å². The highest BCUT2D eigenvalue weighted by molar-refractivity contribution is 4.82. The van der Waals surface area contributed by atoms with Gasteiger partial charge in [-0.25, -0.2) is 0 Å². The summed E-state index contributed by atoms with van der Waals surface area (Å²) in [7, 11) is 0. The van der Waals surface area contributed by atoms with Crippen LogP contribution in [0, 0.1) is 0 Å². The Labute approximate surface area is 105 Å². The van der Waals surface area contributed by atoms with Crippen LogP contribution in [-0.4, -0.2) is 43.7 Å². The second-order valence-corrected chi connectivity index (χ2v) is 5.17. The largest absolute Gasteiger partial charge is 0.497 e. The van der Waals surface area contributed by atoms with Gasteiger partial charge in [-0.05, 0) is 64.4 Å². The van der Waals surface area contributed by atoms with Crippen LogP contribution in [-0.2, 0) is 4.74 Å². The average Bonchev–Trinajstić information content (AvgIpc) is 2.41. The summed E-state index contributed by atoms with van der Waals surface area (Å²) in [6, 6.07) is 0. The number of piperidine rings is 1. The number of allylic oxidation sites excluding steroid dienone is 1. The molecule has 3 heteroatoms. The summed E-state index contributed by atoms with van der Waals surface area (Å²) in [6.07, 6.45) is 12.2. The molecule has 2 heterocycles. The second-order valence-electron chi connectivity index (χ2n) is 5.17. The lowest BCUT2D eigenvalue weighted by Crippen LogP contribution is -2.34. The van der Waals surface area contributed by atoms with Crippen LogP contribution in [0.15, 0.2) is 12.3 Å². The second kappa shape index (κ2) is 7.72. The number of rotatable bonds is 6. The molecule has 0 saturated carbocycles. The van der Waals surface area contributed by atoms with Crippen LogP contribution in [0.2, 0.25) is 0 Å². The van der Waals surface area contributed by atoms with Gasteiger partial charge in [0.25, 0.3) is 0 Å². The molecular formula is C14H26N2O. The first-order valence-electron chi connectivity index (χ1n) is 7.19. The Morgan fingerprint density at radius 2 is 2.12 bits per heavy atom. The molecule has 3 nitrogen and oxygen atoms in total. The van der Waals surface area contributed by atoms with Crippen LogP contribution in [0.3, 0.4) is 0 Å². The zero-order chi connectivity index (χ0) is 11.8. The van der Waals surface area contributed by atoms with Crippen LogP contribution >= 0.6 is 0 Å². The van der Waals surface area contributed by atoms with Crippen molar-refractivity contribution in [2.24, 2.45) is 0 Å². The smallest absolute Gasteiger partial charge is 0.110 e. The Bertz CT molecular complexity index is 224. The zero-order valence-corrected chi connectivity index (χ0v) is 10.9. The number of nitrogens with zero attached hydrogens (tertiary/aromatic N) is 1. The molecule has 2 aliphatic rings. The van der Waals surface area contributed by atoms with Gasteiger partial charge >= 0.3 is 0 Å². The van der Waals surface area contributed by atoms with Gasteiger partial charge in [-0.15, -0.1) is 0 Å². The van der Waals surface area contributed by atoms with Crippen molar-refractivity contribution in [3.8, 4) is 0 Å². The summed E-state index contributed by atoms with van der Waals surface area (Å²) in [5, 5.41) is 3.51. The van der Waals surface area contributed by atoms with Gasteiger partial charge in [0.1, 0.15) is 6.10 Å². The highest BCUT2D eigenvalue weighted by Gasteiger charge is 2.11. The van der Waals surface area contributed by atoms with E-state index in [0.717, 1.165) is 19.5 Å². The van der Waals surface area contributed by atoms with Gasteiger partial charge in [0, 0.05) is 6.54 Å². The minimum atomic E-state index is 0.398. The Morgan fingerprint density at radius 1 is 1.24 bits per heavy atom. The van der Waals surface area contributed by atoms with Crippen LogP contribution in [0.1, 0.15) is 38.5 Å². The Morgan fingerprint density at radius 3 is 2.88 bits per heavy atom. The van der Waals surface area contributed by atoms with E-state index in [1.165, 1.54) is 51.7 Å². The van der Waals surface area contributed by atoms with Gasteiger partial charge in [0.05, 0.1) is 6.26 Å². The van der Waals surface area contributed by atoms with Crippen LogP contribution in [0.4, 0.5) is 0 Å². The lowest BCUT2D eigenvalue weighted by Gasteiger charge is -2.26. The van der Waals surface area contributed by atoms with Gasteiger partial charge in [0.15, 0.2) is 0 Å².